The highest BCUT2D eigenvalue weighted by atomic mass is 16.5. The van der Waals surface area contributed by atoms with Crippen LogP contribution in [0, 0.1) is 0 Å². The van der Waals surface area contributed by atoms with Crippen LogP contribution in [-0.4, -0.2) is 47.4 Å². The van der Waals surface area contributed by atoms with Gasteiger partial charge in [0.2, 0.25) is 5.91 Å². The summed E-state index contributed by atoms with van der Waals surface area (Å²) in [4.78, 5) is 24.5. The van der Waals surface area contributed by atoms with Crippen molar-refractivity contribution >= 4 is 11.9 Å². The fourth-order valence-corrected chi connectivity index (χ4v) is 9.16. The smallest absolute Gasteiger partial charge is 0.305 e. The normalized spacial score (nSPS) is 12.7. The zero-order valence-electron chi connectivity index (χ0n) is 44.4. The number of esters is 1. The van der Waals surface area contributed by atoms with Gasteiger partial charge in [-0.2, -0.15) is 0 Å². The van der Waals surface area contributed by atoms with Gasteiger partial charge in [-0.05, 0) is 57.8 Å². The van der Waals surface area contributed by atoms with Gasteiger partial charge in [0.25, 0.3) is 0 Å². The Morgan fingerprint density at radius 3 is 1.08 bits per heavy atom. The molecule has 0 aromatic carbocycles. The highest BCUT2D eigenvalue weighted by Gasteiger charge is 2.18. The second kappa shape index (κ2) is 55.9. The van der Waals surface area contributed by atoms with Gasteiger partial charge in [-0.15, -0.1) is 0 Å². The summed E-state index contributed by atoms with van der Waals surface area (Å²) in [7, 11) is 0. The Labute approximate surface area is 411 Å². The number of aliphatic hydroxyl groups is 2. The third kappa shape index (κ3) is 51.7. The first kappa shape index (κ1) is 64.3. The van der Waals surface area contributed by atoms with Crippen LogP contribution in [0.4, 0.5) is 0 Å². The number of hydrogen-bond acceptors (Lipinski definition) is 5. The lowest BCUT2D eigenvalue weighted by Crippen LogP contribution is -2.45. The number of amides is 1. The lowest BCUT2D eigenvalue weighted by atomic mass is 10.0. The maximum absolute atomic E-state index is 12.5. The number of nitrogens with one attached hydrogen (secondary N) is 1. The van der Waals surface area contributed by atoms with Gasteiger partial charge in [0.05, 0.1) is 25.4 Å². The van der Waals surface area contributed by atoms with Crippen LogP contribution in [0.1, 0.15) is 322 Å². The van der Waals surface area contributed by atoms with Gasteiger partial charge in [0.1, 0.15) is 0 Å². The second-order valence-corrected chi connectivity index (χ2v) is 20.3. The Hall–Kier alpha value is -1.66. The molecular weight excluding hydrogens is 815 g/mol. The molecule has 390 valence electrons. The zero-order chi connectivity index (χ0) is 47.9. The lowest BCUT2D eigenvalue weighted by molar-refractivity contribution is -0.143. The number of carbonyl (C=O) groups is 2. The van der Waals surface area contributed by atoms with E-state index in [9.17, 15) is 19.8 Å². The largest absolute Gasteiger partial charge is 0.466 e. The van der Waals surface area contributed by atoms with Crippen LogP contribution in [0.5, 0.6) is 0 Å². The molecule has 0 aromatic heterocycles. The van der Waals surface area contributed by atoms with Crippen molar-refractivity contribution in [1.29, 1.82) is 0 Å². The van der Waals surface area contributed by atoms with Crippen LogP contribution < -0.4 is 5.32 Å². The van der Waals surface area contributed by atoms with E-state index in [1.807, 2.05) is 6.08 Å². The molecule has 0 radical (unpaired) electrons. The van der Waals surface area contributed by atoms with E-state index >= 15 is 0 Å². The molecular formula is C60H115NO5. The maximum atomic E-state index is 12.5. The molecule has 0 rings (SSSR count). The molecule has 0 aliphatic rings. The molecule has 0 aliphatic carbocycles. The van der Waals surface area contributed by atoms with Crippen LogP contribution in [0.2, 0.25) is 0 Å². The Balaban J connectivity index is 3.52. The van der Waals surface area contributed by atoms with E-state index in [4.69, 9.17) is 4.74 Å². The monoisotopic (exact) mass is 930 g/mol. The van der Waals surface area contributed by atoms with Crippen LogP contribution in [0.25, 0.3) is 0 Å². The first-order valence-corrected chi connectivity index (χ1v) is 29.6. The van der Waals surface area contributed by atoms with Crippen molar-refractivity contribution in [3.05, 3.63) is 24.3 Å². The van der Waals surface area contributed by atoms with E-state index in [-0.39, 0.29) is 18.5 Å². The van der Waals surface area contributed by atoms with E-state index < -0.39 is 12.1 Å². The molecule has 66 heavy (non-hydrogen) atoms. The molecule has 0 spiro atoms. The van der Waals surface area contributed by atoms with Crippen molar-refractivity contribution in [2.45, 2.75) is 334 Å². The number of allylic oxidation sites excluding steroid dienone is 3. The standard InChI is InChI=1S/C60H115NO5/c1-3-5-7-9-11-13-15-17-19-20-21-22-23-24-25-26-28-29-32-36-40-44-48-52-58(63)57(56-62)61-59(64)53-49-45-41-37-33-31-35-39-43-47-51-55-66-60(65)54-50-46-42-38-34-30-27-18-16-14-12-10-8-6-4-2/h35,39,48,52,57-58,62-63H,3-34,36-38,40-47,49-51,53-56H2,1-2H3,(H,61,64)/b39-35-,52-48+. The van der Waals surface area contributed by atoms with E-state index in [1.165, 1.54) is 212 Å². The van der Waals surface area contributed by atoms with Crippen molar-refractivity contribution in [1.82, 2.24) is 5.32 Å². The Kier molecular flexibility index (Phi) is 54.5. The minimum Gasteiger partial charge on any atom is -0.466 e. The zero-order valence-corrected chi connectivity index (χ0v) is 44.4. The Morgan fingerprint density at radius 2 is 0.712 bits per heavy atom. The van der Waals surface area contributed by atoms with Crippen LogP contribution >= 0.6 is 0 Å². The number of carbonyl (C=O) groups excluding carboxylic acids is 2. The average Bonchev–Trinajstić information content (AvgIpc) is 3.32. The van der Waals surface area contributed by atoms with Gasteiger partial charge in [0, 0.05) is 12.8 Å². The van der Waals surface area contributed by atoms with E-state index in [2.05, 4.69) is 31.3 Å². The molecule has 0 fully saturated rings. The van der Waals surface area contributed by atoms with Crippen molar-refractivity contribution in [2.75, 3.05) is 13.2 Å². The summed E-state index contributed by atoms with van der Waals surface area (Å²) in [6.45, 7) is 4.85. The van der Waals surface area contributed by atoms with Crippen LogP contribution in [-0.2, 0) is 14.3 Å². The average molecular weight is 931 g/mol. The fraction of sp³-hybridized carbons (Fsp3) is 0.900. The first-order valence-electron chi connectivity index (χ1n) is 29.6. The molecule has 0 saturated carbocycles. The summed E-state index contributed by atoms with van der Waals surface area (Å²) in [6, 6.07) is -0.649. The number of hydrogen-bond donors (Lipinski definition) is 3. The fourth-order valence-electron chi connectivity index (χ4n) is 9.16. The van der Waals surface area contributed by atoms with Crippen molar-refractivity contribution in [2.24, 2.45) is 0 Å². The Bertz CT molecular complexity index is 1030. The molecule has 6 nitrogen and oxygen atoms in total. The summed E-state index contributed by atoms with van der Waals surface area (Å²) in [5, 5.41) is 23.2. The predicted octanol–water partition coefficient (Wildman–Crippen LogP) is 18.2. The molecule has 0 saturated heterocycles. The molecule has 0 aromatic rings. The van der Waals surface area contributed by atoms with Crippen LogP contribution in [0.15, 0.2) is 24.3 Å². The summed E-state index contributed by atoms with van der Waals surface area (Å²) in [5.41, 5.74) is 0. The minimum absolute atomic E-state index is 0.0294. The number of rotatable bonds is 55. The maximum Gasteiger partial charge on any atom is 0.305 e. The number of ether oxygens (including phenoxy) is 1. The topological polar surface area (TPSA) is 95.9 Å². The van der Waals surface area contributed by atoms with Crippen molar-refractivity contribution in [3.8, 4) is 0 Å². The third-order valence-electron chi connectivity index (χ3n) is 13.7. The van der Waals surface area contributed by atoms with Gasteiger partial charge in [-0.25, -0.2) is 0 Å². The first-order chi connectivity index (χ1) is 32.5. The lowest BCUT2D eigenvalue weighted by Gasteiger charge is -2.20. The van der Waals surface area contributed by atoms with Gasteiger partial charge in [-0.1, -0.05) is 276 Å². The molecule has 0 aliphatic heterocycles. The molecule has 0 bridgehead atoms. The second-order valence-electron chi connectivity index (χ2n) is 20.3. The molecule has 6 heteroatoms. The van der Waals surface area contributed by atoms with Gasteiger partial charge in [0.15, 0.2) is 0 Å². The van der Waals surface area contributed by atoms with E-state index in [0.717, 1.165) is 83.5 Å². The minimum atomic E-state index is -0.863. The van der Waals surface area contributed by atoms with Gasteiger partial charge in [-0.3, -0.25) is 9.59 Å². The SMILES string of the molecule is CCCCCCCCCCCCCCCCCCCCCCC/C=C/C(O)C(CO)NC(=O)CCCCCCC/C=C\CCCCOC(=O)CCCCCCCCCCCCCCCCC. The summed E-state index contributed by atoms with van der Waals surface area (Å²) in [6.07, 6.45) is 67.8. The highest BCUT2D eigenvalue weighted by Crippen LogP contribution is 2.17. The predicted molar refractivity (Wildman–Crippen MR) is 287 cm³/mol. The van der Waals surface area contributed by atoms with E-state index in [1.54, 1.807) is 6.08 Å². The molecule has 2 unspecified atom stereocenters. The highest BCUT2D eigenvalue weighted by molar-refractivity contribution is 5.76. The molecule has 3 N–H and O–H groups in total. The molecule has 0 heterocycles. The van der Waals surface area contributed by atoms with Crippen LogP contribution in [0.3, 0.4) is 0 Å². The number of aliphatic hydroxyl groups excluding tert-OH is 2. The molecule has 1 amide bonds. The quantitative estimate of drug-likeness (QED) is 0.0321. The third-order valence-corrected chi connectivity index (χ3v) is 13.7. The van der Waals surface area contributed by atoms with Gasteiger partial charge >= 0.3 is 5.97 Å². The summed E-state index contributed by atoms with van der Waals surface area (Å²) < 4.78 is 5.45. The number of unbranched alkanes of at least 4 members (excludes halogenated alkanes) is 42. The Morgan fingerprint density at radius 1 is 0.409 bits per heavy atom. The molecule has 2 atom stereocenters. The van der Waals surface area contributed by atoms with Crippen molar-refractivity contribution < 1.29 is 24.5 Å². The summed E-state index contributed by atoms with van der Waals surface area (Å²) >= 11 is 0. The van der Waals surface area contributed by atoms with Gasteiger partial charge < -0.3 is 20.3 Å². The summed E-state index contributed by atoms with van der Waals surface area (Å²) in [5.74, 6) is -0.123. The van der Waals surface area contributed by atoms with E-state index in [0.29, 0.717) is 19.4 Å². The van der Waals surface area contributed by atoms with Crippen molar-refractivity contribution in [3.63, 3.8) is 0 Å².